The van der Waals surface area contributed by atoms with Crippen molar-refractivity contribution in [2.24, 2.45) is 0 Å². The summed E-state index contributed by atoms with van der Waals surface area (Å²) in [5, 5.41) is 8.04. The van der Waals surface area contributed by atoms with Crippen LogP contribution < -0.4 is 15.8 Å². The fourth-order valence-corrected chi connectivity index (χ4v) is 6.47. The summed E-state index contributed by atoms with van der Waals surface area (Å²) >= 11 is 1.55. The van der Waals surface area contributed by atoms with Crippen molar-refractivity contribution in [1.82, 2.24) is 24.7 Å². The first kappa shape index (κ1) is 29.6. The van der Waals surface area contributed by atoms with Gasteiger partial charge in [0.2, 0.25) is 0 Å². The molecule has 3 N–H and O–H groups in total. The van der Waals surface area contributed by atoms with Crippen LogP contribution in [0.2, 0.25) is 0 Å². The second kappa shape index (κ2) is 11.9. The quantitative estimate of drug-likeness (QED) is 0.166. The number of ether oxygens (including phenoxy) is 1. The third kappa shape index (κ3) is 5.77. The van der Waals surface area contributed by atoms with Crippen molar-refractivity contribution in [3.05, 3.63) is 96.5 Å². The van der Waals surface area contributed by atoms with Crippen molar-refractivity contribution >= 4 is 38.8 Å². The van der Waals surface area contributed by atoms with Gasteiger partial charge in [-0.1, -0.05) is 18.7 Å². The predicted octanol–water partition coefficient (Wildman–Crippen LogP) is 7.95. The van der Waals surface area contributed by atoms with E-state index in [4.69, 9.17) is 10.5 Å². The van der Waals surface area contributed by atoms with E-state index in [2.05, 4.69) is 31.9 Å². The lowest BCUT2D eigenvalue weighted by atomic mass is 9.95. The Morgan fingerprint density at radius 3 is 2.60 bits per heavy atom. The topological polar surface area (TPSA) is 121 Å². The normalized spacial score (nSPS) is 11.1. The molecule has 45 heavy (non-hydrogen) atoms. The van der Waals surface area contributed by atoms with E-state index in [1.807, 2.05) is 42.9 Å². The number of nitrogen functional groups attached to an aromatic ring is 1. The molecule has 4 heterocycles. The van der Waals surface area contributed by atoms with E-state index in [0.29, 0.717) is 33.7 Å². The smallest absolute Gasteiger partial charge is 0.322 e. The highest BCUT2D eigenvalue weighted by molar-refractivity contribution is 7.23. The molecule has 6 rings (SSSR count). The summed E-state index contributed by atoms with van der Waals surface area (Å²) < 4.78 is 24.1. The molecule has 6 aromatic rings. The number of rotatable bonds is 8. The molecule has 9 nitrogen and oxygen atoms in total. The van der Waals surface area contributed by atoms with Crippen molar-refractivity contribution in [3.8, 4) is 44.5 Å². The molecule has 0 aliphatic carbocycles. The fourth-order valence-electron chi connectivity index (χ4n) is 5.02. The highest BCUT2D eigenvalue weighted by atomic mass is 32.1. The molecule has 11 heteroatoms. The van der Waals surface area contributed by atoms with E-state index < -0.39 is 5.82 Å². The van der Waals surface area contributed by atoms with E-state index >= 15 is 4.39 Å². The lowest BCUT2D eigenvalue weighted by molar-refractivity contribution is -0.112. The summed E-state index contributed by atoms with van der Waals surface area (Å²) in [6, 6.07) is 12.2. The largest absolute Gasteiger partial charge is 0.421 e. The molecule has 0 fully saturated rings. The van der Waals surface area contributed by atoms with Gasteiger partial charge < -0.3 is 15.8 Å². The molecule has 1 amide bonds. The van der Waals surface area contributed by atoms with Crippen LogP contribution in [0, 0.1) is 19.7 Å². The highest BCUT2D eigenvalue weighted by Gasteiger charge is 2.24. The molecule has 0 aliphatic rings. The Morgan fingerprint density at radius 2 is 1.91 bits per heavy atom. The number of anilines is 2. The van der Waals surface area contributed by atoms with E-state index in [0.717, 1.165) is 43.9 Å². The number of nitrogens with zero attached hydrogens (tertiary/aromatic N) is 5. The zero-order valence-electron chi connectivity index (χ0n) is 25.2. The van der Waals surface area contributed by atoms with Gasteiger partial charge in [-0.15, -0.1) is 11.3 Å². The molecule has 0 spiro atoms. The summed E-state index contributed by atoms with van der Waals surface area (Å²) in [5.41, 5.74) is 13.3. The molecule has 0 atom stereocenters. The number of carbonyl (C=O) groups is 1. The Morgan fingerprint density at radius 1 is 1.09 bits per heavy atom. The summed E-state index contributed by atoms with van der Waals surface area (Å²) in [6.45, 7) is 11.9. The van der Waals surface area contributed by atoms with Gasteiger partial charge in [-0.2, -0.15) is 5.10 Å². The molecule has 0 bridgehead atoms. The number of hydrogen-bond donors (Lipinski definition) is 2. The van der Waals surface area contributed by atoms with Gasteiger partial charge in [-0.3, -0.25) is 9.48 Å². The van der Waals surface area contributed by atoms with Gasteiger partial charge >= 0.3 is 6.01 Å². The van der Waals surface area contributed by atoms with Crippen LogP contribution in [0.1, 0.15) is 25.1 Å². The monoisotopic (exact) mass is 619 g/mol. The molecule has 226 valence electrons. The number of benzene rings is 2. The third-order valence-corrected chi connectivity index (χ3v) is 8.58. The maximum Gasteiger partial charge on any atom is 0.322 e. The van der Waals surface area contributed by atoms with Crippen LogP contribution in [-0.2, 0) is 11.3 Å². The first-order chi connectivity index (χ1) is 21.6. The number of thiophene rings is 1. The lowest BCUT2D eigenvalue weighted by Crippen LogP contribution is -2.11. The maximum atomic E-state index is 15.7. The average molecular weight is 620 g/mol. The number of amides is 1. The predicted molar refractivity (Wildman–Crippen MR) is 177 cm³/mol. The number of hydrogen-bond acceptors (Lipinski definition) is 8. The zero-order valence-corrected chi connectivity index (χ0v) is 26.0. The lowest BCUT2D eigenvalue weighted by Gasteiger charge is -2.12. The van der Waals surface area contributed by atoms with Crippen molar-refractivity contribution in [3.63, 3.8) is 0 Å². The van der Waals surface area contributed by atoms with Crippen LogP contribution in [0.3, 0.4) is 0 Å². The number of aryl methyl sites for hydroxylation is 3. The second-order valence-electron chi connectivity index (χ2n) is 10.6. The van der Waals surface area contributed by atoms with Crippen LogP contribution in [0.5, 0.6) is 11.8 Å². The first-order valence-electron chi connectivity index (χ1n) is 14.2. The van der Waals surface area contributed by atoms with Crippen molar-refractivity contribution < 1.29 is 13.9 Å². The van der Waals surface area contributed by atoms with Crippen LogP contribution in [0.25, 0.3) is 42.8 Å². The molecular formula is C34H30FN7O2S. The maximum absolute atomic E-state index is 15.7. The van der Waals surface area contributed by atoms with Gasteiger partial charge in [-0.25, -0.2) is 19.3 Å². The van der Waals surface area contributed by atoms with Gasteiger partial charge in [0, 0.05) is 73.7 Å². The van der Waals surface area contributed by atoms with E-state index in [9.17, 15) is 4.79 Å². The minimum Gasteiger partial charge on any atom is -0.421 e. The third-order valence-electron chi connectivity index (χ3n) is 7.32. The number of nitrogens with one attached hydrogen (secondary N) is 1. The van der Waals surface area contributed by atoms with Crippen LogP contribution in [0.4, 0.5) is 15.9 Å². The Kier molecular flexibility index (Phi) is 7.86. The SMILES string of the molecule is C=C(C)C(=O)Nc1ccc(-c2sc3c(-c4cnn(CC)c4)cnc(N)c3c2-c2ccc(Oc3nccc(C)n3)c(F)c2)c(C)c1. The number of aromatic nitrogens is 5. The Hall–Kier alpha value is -5.42. The van der Waals surface area contributed by atoms with Crippen LogP contribution in [0.15, 0.2) is 79.4 Å². The number of fused-ring (bicyclic) bond motifs is 1. The van der Waals surface area contributed by atoms with Crippen molar-refractivity contribution in [1.29, 1.82) is 0 Å². The average Bonchev–Trinajstić information content (AvgIpc) is 3.65. The number of carbonyl (C=O) groups excluding carboxylic acids is 1. The minimum absolute atomic E-state index is 0.00186. The van der Waals surface area contributed by atoms with Crippen LogP contribution >= 0.6 is 11.3 Å². The standard InChI is InChI=1S/C34H30FN7O2S/c1-6-42-17-22(15-39-42)25-16-38-32(36)29-28(21-7-10-27(26(35)14-21)44-34-37-12-11-20(5)40-34)30(45-31(25)29)24-9-8-23(13-19(24)4)41-33(43)18(2)3/h7-17H,2,6H2,1,3-5H3,(H2,36,38)(H,41,43). The Labute approximate surface area is 263 Å². The number of halogens is 1. The van der Waals surface area contributed by atoms with E-state index in [1.54, 1.807) is 62.0 Å². The Bertz CT molecular complexity index is 2120. The molecule has 4 aromatic heterocycles. The molecule has 0 saturated heterocycles. The second-order valence-corrected chi connectivity index (χ2v) is 11.7. The number of pyridine rings is 1. The summed E-state index contributed by atoms with van der Waals surface area (Å²) in [4.78, 5) is 26.0. The zero-order chi connectivity index (χ0) is 31.8. The van der Waals surface area contributed by atoms with Gasteiger partial charge in [-0.05, 0) is 74.7 Å². The first-order valence-corrected chi connectivity index (χ1v) is 15.0. The van der Waals surface area contributed by atoms with Crippen molar-refractivity contribution in [2.75, 3.05) is 11.1 Å². The molecule has 0 unspecified atom stereocenters. The van der Waals surface area contributed by atoms with Gasteiger partial charge in [0.05, 0.1) is 6.20 Å². The molecular weight excluding hydrogens is 589 g/mol. The molecule has 2 aromatic carbocycles. The fraction of sp³-hybridized carbons (Fsp3) is 0.147. The van der Waals surface area contributed by atoms with Gasteiger partial charge in [0.25, 0.3) is 5.91 Å². The van der Waals surface area contributed by atoms with E-state index in [1.165, 1.54) is 6.07 Å². The summed E-state index contributed by atoms with van der Waals surface area (Å²) in [6.07, 6.45) is 7.08. The molecule has 0 aliphatic heterocycles. The van der Waals surface area contributed by atoms with Crippen LogP contribution in [-0.4, -0.2) is 30.6 Å². The summed E-state index contributed by atoms with van der Waals surface area (Å²) in [7, 11) is 0. The highest BCUT2D eigenvalue weighted by Crippen LogP contribution is 2.50. The molecule has 0 radical (unpaired) electrons. The summed E-state index contributed by atoms with van der Waals surface area (Å²) in [5.74, 6) is -0.511. The van der Waals surface area contributed by atoms with Gasteiger partial charge in [0.15, 0.2) is 11.6 Å². The van der Waals surface area contributed by atoms with E-state index in [-0.39, 0.29) is 17.7 Å². The van der Waals surface area contributed by atoms with Crippen molar-refractivity contribution in [2.45, 2.75) is 34.2 Å². The minimum atomic E-state index is -0.579. The Balaban J connectivity index is 1.54. The number of nitrogens with two attached hydrogens (primary N) is 1. The molecule has 0 saturated carbocycles. The van der Waals surface area contributed by atoms with Gasteiger partial charge in [0.1, 0.15) is 5.82 Å².